The lowest BCUT2D eigenvalue weighted by Gasteiger charge is -2.16. The van der Waals surface area contributed by atoms with Crippen molar-refractivity contribution in [3.05, 3.63) is 15.8 Å². The highest BCUT2D eigenvalue weighted by molar-refractivity contribution is 7.89. The predicted octanol–water partition coefficient (Wildman–Crippen LogP) is 1.62. The fraction of sp³-hybridized carbons (Fsp3) is 0.615. The number of hydrogen-bond donors (Lipinski definition) is 2. The molecule has 2 fully saturated rings. The second-order valence-corrected chi connectivity index (χ2v) is 8.54. The summed E-state index contributed by atoms with van der Waals surface area (Å²) >= 11 is 1.18. The topological polar surface area (TPSA) is 89.3 Å². The molecule has 5 nitrogen and oxygen atoms in total. The summed E-state index contributed by atoms with van der Waals surface area (Å²) in [4.78, 5) is 13.3. The van der Waals surface area contributed by atoms with Gasteiger partial charge in [-0.2, -0.15) is 0 Å². The molecule has 3 rings (SSSR count). The maximum atomic E-state index is 12.3. The van der Waals surface area contributed by atoms with E-state index in [0.717, 1.165) is 0 Å². The summed E-state index contributed by atoms with van der Waals surface area (Å²) in [5, 5.41) is 8.22. The number of sulfonamides is 1. The Morgan fingerprint density at radius 2 is 1.90 bits per heavy atom. The molecular formula is C13H18N2O3S2. The number of nitrogens with one attached hydrogen (secondary N) is 1. The van der Waals surface area contributed by atoms with E-state index in [4.69, 9.17) is 5.14 Å². The summed E-state index contributed by atoms with van der Waals surface area (Å²) < 4.78 is 22.8. The van der Waals surface area contributed by atoms with Crippen LogP contribution in [0.15, 0.2) is 11.0 Å². The molecule has 0 aliphatic heterocycles. The lowest BCUT2D eigenvalue weighted by Crippen LogP contribution is -2.37. The molecule has 0 radical (unpaired) electrons. The third kappa shape index (κ3) is 2.89. The Bertz CT molecular complexity index is 631. The minimum Gasteiger partial charge on any atom is -0.348 e. The van der Waals surface area contributed by atoms with E-state index >= 15 is 0 Å². The van der Waals surface area contributed by atoms with E-state index < -0.39 is 10.0 Å². The summed E-state index contributed by atoms with van der Waals surface area (Å²) in [5.41, 5.74) is 0. The Kier molecular flexibility index (Phi) is 3.38. The van der Waals surface area contributed by atoms with Crippen molar-refractivity contribution in [1.82, 2.24) is 5.32 Å². The monoisotopic (exact) mass is 314 g/mol. The van der Waals surface area contributed by atoms with Crippen molar-refractivity contribution in [3.63, 3.8) is 0 Å². The molecule has 2 aliphatic carbocycles. The minimum atomic E-state index is -3.75. The summed E-state index contributed by atoms with van der Waals surface area (Å²) in [6.45, 7) is 1.67. The number of nitrogens with two attached hydrogens (primary N) is 1. The van der Waals surface area contributed by atoms with Crippen LogP contribution in [0.2, 0.25) is 0 Å². The van der Waals surface area contributed by atoms with Gasteiger partial charge in [-0.1, -0.05) is 0 Å². The highest BCUT2D eigenvalue weighted by Crippen LogP contribution is 2.44. The summed E-state index contributed by atoms with van der Waals surface area (Å²) in [5.74, 6) is 1.06. The Labute approximate surface area is 122 Å². The Morgan fingerprint density at radius 3 is 2.30 bits per heavy atom. The van der Waals surface area contributed by atoms with Crippen LogP contribution in [-0.4, -0.2) is 20.4 Å². The molecule has 1 amide bonds. The quantitative estimate of drug-likeness (QED) is 0.865. The van der Waals surface area contributed by atoms with Crippen LogP contribution >= 0.6 is 11.3 Å². The summed E-state index contributed by atoms with van der Waals surface area (Å²) in [6.07, 6.45) is 4.75. The van der Waals surface area contributed by atoms with Gasteiger partial charge in [-0.15, -0.1) is 11.3 Å². The highest BCUT2D eigenvalue weighted by Gasteiger charge is 2.42. The van der Waals surface area contributed by atoms with Crippen LogP contribution in [0.3, 0.4) is 0 Å². The van der Waals surface area contributed by atoms with Gasteiger partial charge in [0.25, 0.3) is 5.91 Å². The lowest BCUT2D eigenvalue weighted by molar-refractivity contribution is 0.0930. The molecule has 3 N–H and O–H groups in total. The molecule has 0 unspecified atom stereocenters. The van der Waals surface area contributed by atoms with Gasteiger partial charge in [0.05, 0.1) is 9.77 Å². The van der Waals surface area contributed by atoms with Crippen molar-refractivity contribution in [2.24, 2.45) is 17.0 Å². The number of rotatable bonds is 5. The van der Waals surface area contributed by atoms with Gasteiger partial charge in [0.15, 0.2) is 0 Å². The lowest BCUT2D eigenvalue weighted by atomic mass is 10.1. The molecule has 7 heteroatoms. The van der Waals surface area contributed by atoms with Gasteiger partial charge in [0, 0.05) is 10.9 Å². The molecular weight excluding hydrogens is 296 g/mol. The van der Waals surface area contributed by atoms with Crippen LogP contribution in [0, 0.1) is 18.8 Å². The van der Waals surface area contributed by atoms with Gasteiger partial charge >= 0.3 is 0 Å². The van der Waals surface area contributed by atoms with E-state index in [1.165, 1.54) is 43.1 Å². The maximum absolute atomic E-state index is 12.3. The number of primary sulfonamides is 1. The first kappa shape index (κ1) is 14.0. The number of carbonyl (C=O) groups is 1. The van der Waals surface area contributed by atoms with E-state index in [-0.39, 0.29) is 16.8 Å². The number of thiophene rings is 1. The van der Waals surface area contributed by atoms with E-state index in [2.05, 4.69) is 5.32 Å². The number of carbonyl (C=O) groups excluding carboxylic acids is 1. The average molecular weight is 314 g/mol. The van der Waals surface area contributed by atoms with E-state index in [9.17, 15) is 13.2 Å². The van der Waals surface area contributed by atoms with Crippen molar-refractivity contribution in [1.29, 1.82) is 0 Å². The van der Waals surface area contributed by atoms with Gasteiger partial charge in [0.1, 0.15) is 0 Å². The van der Waals surface area contributed by atoms with E-state index in [1.54, 1.807) is 6.92 Å². The Balaban J connectivity index is 1.77. The van der Waals surface area contributed by atoms with Crippen molar-refractivity contribution in [2.75, 3.05) is 0 Å². The first-order chi connectivity index (χ1) is 9.36. The fourth-order valence-electron chi connectivity index (χ4n) is 2.61. The second kappa shape index (κ2) is 4.82. The number of hydrogen-bond acceptors (Lipinski definition) is 4. The molecule has 0 spiro atoms. The van der Waals surface area contributed by atoms with Crippen LogP contribution in [0.25, 0.3) is 0 Å². The first-order valence-corrected chi connectivity index (χ1v) is 9.16. The van der Waals surface area contributed by atoms with Crippen LogP contribution in [0.1, 0.15) is 40.2 Å². The van der Waals surface area contributed by atoms with Crippen molar-refractivity contribution >= 4 is 27.3 Å². The zero-order valence-corrected chi connectivity index (χ0v) is 12.9. The summed E-state index contributed by atoms with van der Waals surface area (Å²) in [7, 11) is -3.75. The predicted molar refractivity (Wildman–Crippen MR) is 77.1 cm³/mol. The van der Waals surface area contributed by atoms with Crippen molar-refractivity contribution in [2.45, 2.75) is 43.5 Å². The van der Waals surface area contributed by atoms with Crippen molar-refractivity contribution < 1.29 is 13.2 Å². The van der Waals surface area contributed by atoms with Crippen LogP contribution < -0.4 is 10.5 Å². The van der Waals surface area contributed by atoms with Crippen LogP contribution in [0.4, 0.5) is 0 Å². The SMILES string of the molecule is Cc1sc(C(=O)NC(C2CC2)C2CC2)cc1S(N)(=O)=O. The first-order valence-electron chi connectivity index (χ1n) is 6.80. The fourth-order valence-corrected chi connectivity index (χ4v) is 4.66. The standard InChI is InChI=1S/C13H18N2O3S2/c1-7-11(20(14,17)18)6-10(19-7)13(16)15-12(8-2-3-8)9-4-5-9/h6,8-9,12H,2-5H2,1H3,(H,15,16)(H2,14,17,18). The largest absolute Gasteiger partial charge is 0.348 e. The molecule has 1 aromatic heterocycles. The molecule has 2 aliphatic rings. The molecule has 110 valence electrons. The van der Waals surface area contributed by atoms with Gasteiger partial charge in [0.2, 0.25) is 10.0 Å². The Morgan fingerprint density at radius 1 is 1.35 bits per heavy atom. The molecule has 0 atom stereocenters. The maximum Gasteiger partial charge on any atom is 0.261 e. The third-order valence-electron chi connectivity index (χ3n) is 3.96. The zero-order chi connectivity index (χ0) is 14.5. The molecule has 0 aromatic carbocycles. The zero-order valence-electron chi connectivity index (χ0n) is 11.3. The smallest absolute Gasteiger partial charge is 0.261 e. The van der Waals surface area contributed by atoms with Gasteiger partial charge in [-0.3, -0.25) is 4.79 Å². The third-order valence-corrected chi connectivity index (χ3v) is 6.18. The highest BCUT2D eigenvalue weighted by atomic mass is 32.2. The van der Waals surface area contributed by atoms with Gasteiger partial charge < -0.3 is 5.32 Å². The van der Waals surface area contributed by atoms with E-state index in [0.29, 0.717) is 21.6 Å². The van der Waals surface area contributed by atoms with Gasteiger partial charge in [-0.05, 0) is 50.5 Å². The summed E-state index contributed by atoms with van der Waals surface area (Å²) in [6, 6.07) is 1.66. The molecule has 20 heavy (non-hydrogen) atoms. The Hall–Kier alpha value is -0.920. The molecule has 1 aromatic rings. The van der Waals surface area contributed by atoms with Crippen LogP contribution in [-0.2, 0) is 10.0 Å². The van der Waals surface area contributed by atoms with Gasteiger partial charge in [-0.25, -0.2) is 13.6 Å². The van der Waals surface area contributed by atoms with Crippen LogP contribution in [0.5, 0.6) is 0 Å². The minimum absolute atomic E-state index is 0.0574. The van der Waals surface area contributed by atoms with E-state index in [1.807, 2.05) is 0 Å². The van der Waals surface area contributed by atoms with Crippen molar-refractivity contribution in [3.8, 4) is 0 Å². The molecule has 0 saturated heterocycles. The molecule has 0 bridgehead atoms. The molecule has 1 heterocycles. The normalized spacial score (nSPS) is 19.4. The number of aryl methyl sites for hydroxylation is 1. The average Bonchev–Trinajstić information content (AvgIpc) is 3.22. The second-order valence-electron chi connectivity index (χ2n) is 5.75. The molecule has 2 saturated carbocycles. The number of amides is 1.